The monoisotopic (exact) mass is 437 g/mol. The summed E-state index contributed by atoms with van der Waals surface area (Å²) in [4.78, 5) is 36.5. The summed E-state index contributed by atoms with van der Waals surface area (Å²) in [6.07, 6.45) is 5.18. The molecule has 0 unspecified atom stereocenters. The van der Waals surface area contributed by atoms with Gasteiger partial charge in [-0.15, -0.1) is 0 Å². The van der Waals surface area contributed by atoms with Crippen molar-refractivity contribution in [3.63, 3.8) is 0 Å². The number of nitrogens with zero attached hydrogens (tertiary/aromatic N) is 5. The fourth-order valence-electron chi connectivity index (χ4n) is 4.17. The number of para-hydroxylation sites is 1. The number of ketones is 1. The molecule has 0 fully saturated rings. The quantitative estimate of drug-likeness (QED) is 0.388. The van der Waals surface area contributed by atoms with Gasteiger partial charge in [0.05, 0.1) is 22.7 Å². The van der Waals surface area contributed by atoms with Gasteiger partial charge in [-0.2, -0.15) is 0 Å². The van der Waals surface area contributed by atoms with Crippen LogP contribution in [0.3, 0.4) is 0 Å². The van der Waals surface area contributed by atoms with Gasteiger partial charge in [0.1, 0.15) is 5.82 Å². The highest BCUT2D eigenvalue weighted by Crippen LogP contribution is 2.25. The second kappa shape index (κ2) is 8.02. The molecule has 7 heteroatoms. The zero-order valence-electron chi connectivity index (χ0n) is 18.7. The first kappa shape index (κ1) is 20.6. The maximum absolute atomic E-state index is 13.5. The fourth-order valence-corrected chi connectivity index (χ4v) is 4.17. The SMILES string of the molecule is Cc1nc2ccncc2n1Cc1cccc(C(=O)c2cn(C(=O)N(C)C)c3ccccc23)c1. The minimum atomic E-state index is -0.199. The van der Waals surface area contributed by atoms with Crippen LogP contribution in [0, 0.1) is 6.92 Å². The molecule has 1 amide bonds. The molecule has 7 nitrogen and oxygen atoms in total. The van der Waals surface area contributed by atoms with Crippen LogP contribution in [0.1, 0.15) is 27.3 Å². The molecular weight excluding hydrogens is 414 g/mol. The Morgan fingerprint density at radius 2 is 1.82 bits per heavy atom. The summed E-state index contributed by atoms with van der Waals surface area (Å²) in [6.45, 7) is 2.54. The topological polar surface area (TPSA) is 73.0 Å². The van der Waals surface area contributed by atoms with Gasteiger partial charge in [0.2, 0.25) is 0 Å². The van der Waals surface area contributed by atoms with Gasteiger partial charge in [-0.3, -0.25) is 14.3 Å². The van der Waals surface area contributed by atoms with Crippen LogP contribution < -0.4 is 0 Å². The van der Waals surface area contributed by atoms with Gasteiger partial charge in [-0.1, -0.05) is 36.4 Å². The molecule has 3 aromatic heterocycles. The summed E-state index contributed by atoms with van der Waals surface area (Å²) in [5.41, 5.74) is 4.63. The molecule has 3 heterocycles. The zero-order valence-corrected chi connectivity index (χ0v) is 18.7. The largest absolute Gasteiger partial charge is 0.330 e. The first-order valence-electron chi connectivity index (χ1n) is 10.7. The Labute approximate surface area is 190 Å². The smallest absolute Gasteiger partial charge is 0.328 e. The van der Waals surface area contributed by atoms with Crippen molar-refractivity contribution in [2.45, 2.75) is 13.5 Å². The number of pyridine rings is 1. The van der Waals surface area contributed by atoms with Crippen molar-refractivity contribution in [2.75, 3.05) is 14.1 Å². The Kier molecular flexibility index (Phi) is 5.01. The van der Waals surface area contributed by atoms with Crippen molar-refractivity contribution < 1.29 is 9.59 Å². The lowest BCUT2D eigenvalue weighted by atomic mass is 10.0. The van der Waals surface area contributed by atoms with E-state index in [1.54, 1.807) is 32.7 Å². The fraction of sp³-hybridized carbons (Fsp3) is 0.154. The third-order valence-corrected chi connectivity index (χ3v) is 5.82. The van der Waals surface area contributed by atoms with Crippen LogP contribution in [0.5, 0.6) is 0 Å². The van der Waals surface area contributed by atoms with Crippen molar-refractivity contribution >= 4 is 33.8 Å². The molecule has 0 saturated carbocycles. The first-order chi connectivity index (χ1) is 15.9. The van der Waals surface area contributed by atoms with Crippen LogP contribution in [0.4, 0.5) is 4.79 Å². The standard InChI is InChI=1S/C26H23N5O2/c1-17-28-22-11-12-27-14-24(22)30(17)15-18-7-6-8-19(13-18)25(32)21-16-31(26(33)29(2)3)23-10-5-4-9-20(21)23/h4-14,16H,15H2,1-3H3. The molecule has 0 aliphatic rings. The van der Waals surface area contributed by atoms with Gasteiger partial charge < -0.3 is 9.47 Å². The van der Waals surface area contributed by atoms with E-state index in [1.165, 1.54) is 9.47 Å². The minimum Gasteiger partial charge on any atom is -0.330 e. The average molecular weight is 438 g/mol. The normalized spacial score (nSPS) is 11.2. The third-order valence-electron chi connectivity index (χ3n) is 5.82. The lowest BCUT2D eigenvalue weighted by molar-refractivity contribution is 0.104. The Balaban J connectivity index is 1.53. The number of aryl methyl sites for hydroxylation is 1. The Morgan fingerprint density at radius 1 is 1.00 bits per heavy atom. The van der Waals surface area contributed by atoms with Gasteiger partial charge in [0.25, 0.3) is 0 Å². The van der Waals surface area contributed by atoms with E-state index in [9.17, 15) is 9.59 Å². The molecular formula is C26H23N5O2. The van der Waals surface area contributed by atoms with E-state index in [0.29, 0.717) is 23.2 Å². The number of hydrogen-bond acceptors (Lipinski definition) is 4. The van der Waals surface area contributed by atoms with Gasteiger partial charge in [-0.25, -0.2) is 9.78 Å². The number of rotatable bonds is 4. The molecule has 0 saturated heterocycles. The van der Waals surface area contributed by atoms with Crippen molar-refractivity contribution in [1.82, 2.24) is 24.0 Å². The average Bonchev–Trinajstić information content (AvgIpc) is 3.36. The highest BCUT2D eigenvalue weighted by molar-refractivity contribution is 6.17. The summed E-state index contributed by atoms with van der Waals surface area (Å²) in [6, 6.07) is 16.8. The van der Waals surface area contributed by atoms with Gasteiger partial charge >= 0.3 is 6.03 Å². The number of fused-ring (bicyclic) bond motifs is 2. The molecule has 0 aliphatic heterocycles. The summed E-state index contributed by atoms with van der Waals surface area (Å²) >= 11 is 0. The van der Waals surface area contributed by atoms with E-state index in [2.05, 4.69) is 14.5 Å². The van der Waals surface area contributed by atoms with Crippen molar-refractivity contribution in [3.8, 4) is 0 Å². The van der Waals surface area contributed by atoms with E-state index in [-0.39, 0.29) is 11.8 Å². The molecule has 0 spiro atoms. The van der Waals surface area contributed by atoms with Gasteiger partial charge in [0, 0.05) is 49.5 Å². The predicted molar refractivity (Wildman–Crippen MR) is 128 cm³/mol. The number of amides is 1. The molecule has 5 aromatic rings. The summed E-state index contributed by atoms with van der Waals surface area (Å²) in [7, 11) is 3.39. The lowest BCUT2D eigenvalue weighted by Crippen LogP contribution is -2.26. The number of aromatic nitrogens is 4. The molecule has 33 heavy (non-hydrogen) atoms. The second-order valence-corrected chi connectivity index (χ2v) is 8.25. The predicted octanol–water partition coefficient (Wildman–Crippen LogP) is 4.50. The molecule has 0 bridgehead atoms. The number of carbonyl (C=O) groups excluding carboxylic acids is 2. The molecule has 0 atom stereocenters. The van der Waals surface area contributed by atoms with Crippen LogP contribution in [0.25, 0.3) is 21.9 Å². The van der Waals surface area contributed by atoms with E-state index < -0.39 is 0 Å². The number of hydrogen-bond donors (Lipinski definition) is 0. The maximum atomic E-state index is 13.5. The molecule has 2 aromatic carbocycles. The van der Waals surface area contributed by atoms with Crippen LogP contribution in [-0.4, -0.2) is 49.9 Å². The van der Waals surface area contributed by atoms with Crippen LogP contribution in [0.15, 0.2) is 73.2 Å². The van der Waals surface area contributed by atoms with E-state index in [4.69, 9.17) is 0 Å². The van der Waals surface area contributed by atoms with Crippen LogP contribution >= 0.6 is 0 Å². The minimum absolute atomic E-state index is 0.118. The number of carbonyl (C=O) groups is 2. The summed E-state index contributed by atoms with van der Waals surface area (Å²) in [5, 5.41) is 0.755. The molecule has 0 N–H and O–H groups in total. The highest BCUT2D eigenvalue weighted by Gasteiger charge is 2.20. The zero-order chi connectivity index (χ0) is 23.1. The third kappa shape index (κ3) is 3.57. The summed E-state index contributed by atoms with van der Waals surface area (Å²) < 4.78 is 3.62. The molecule has 5 rings (SSSR count). The first-order valence-corrected chi connectivity index (χ1v) is 10.7. The molecule has 0 aliphatic carbocycles. The number of benzene rings is 2. The van der Waals surface area contributed by atoms with Crippen LogP contribution in [-0.2, 0) is 6.54 Å². The Morgan fingerprint density at radius 3 is 2.64 bits per heavy atom. The summed E-state index contributed by atoms with van der Waals surface area (Å²) in [5.74, 6) is 0.771. The van der Waals surface area contributed by atoms with Crippen molar-refractivity contribution in [1.29, 1.82) is 0 Å². The van der Waals surface area contributed by atoms with Gasteiger partial charge in [0.15, 0.2) is 5.78 Å². The van der Waals surface area contributed by atoms with Crippen LogP contribution in [0.2, 0.25) is 0 Å². The maximum Gasteiger partial charge on any atom is 0.328 e. The molecule has 0 radical (unpaired) electrons. The van der Waals surface area contributed by atoms with Gasteiger partial charge in [-0.05, 0) is 30.7 Å². The second-order valence-electron chi connectivity index (χ2n) is 8.25. The van der Waals surface area contributed by atoms with Crippen molar-refractivity contribution in [2.24, 2.45) is 0 Å². The Hall–Kier alpha value is -4.26. The highest BCUT2D eigenvalue weighted by atomic mass is 16.2. The van der Waals surface area contributed by atoms with E-state index in [1.807, 2.05) is 61.5 Å². The van der Waals surface area contributed by atoms with Crippen molar-refractivity contribution in [3.05, 3.63) is 95.7 Å². The molecule has 164 valence electrons. The number of imidazole rings is 1. The van der Waals surface area contributed by atoms with E-state index in [0.717, 1.165) is 27.8 Å². The van der Waals surface area contributed by atoms with E-state index >= 15 is 0 Å². The Bertz CT molecular complexity index is 1530. The lowest BCUT2D eigenvalue weighted by Gasteiger charge is -2.11.